The van der Waals surface area contributed by atoms with Crippen LogP contribution in [0.4, 0.5) is 4.39 Å². The number of carbonyl (C=O) groups is 1. The van der Waals surface area contributed by atoms with Crippen molar-refractivity contribution in [3.63, 3.8) is 0 Å². The molecule has 0 bridgehead atoms. The van der Waals surface area contributed by atoms with Crippen LogP contribution in [-0.2, 0) is 4.74 Å². The Bertz CT molecular complexity index is 995. The highest BCUT2D eigenvalue weighted by molar-refractivity contribution is 5.96. The molecule has 1 saturated heterocycles. The predicted molar refractivity (Wildman–Crippen MR) is 97.1 cm³/mol. The van der Waals surface area contributed by atoms with Gasteiger partial charge in [0, 0.05) is 24.3 Å². The number of amides is 1. The molecule has 1 amide bonds. The number of halogens is 1. The summed E-state index contributed by atoms with van der Waals surface area (Å²) in [6.07, 6.45) is 2.90. The third kappa shape index (κ3) is 3.46. The zero-order valence-electron chi connectivity index (χ0n) is 14.8. The van der Waals surface area contributed by atoms with Crippen molar-refractivity contribution in [2.75, 3.05) is 26.8 Å². The van der Waals surface area contributed by atoms with E-state index < -0.39 is 0 Å². The first-order valence-electron chi connectivity index (χ1n) is 8.61. The van der Waals surface area contributed by atoms with Gasteiger partial charge in [0.2, 0.25) is 5.88 Å². The van der Waals surface area contributed by atoms with Crippen LogP contribution < -0.4 is 4.74 Å². The number of aromatic nitrogens is 2. The standard InChI is InChI=1S/C20H18FN3O3/c1-26-19-16(3-2-6-22-19)20(25)24-7-8-27-18(12-24)17-10-14-9-15(21)5-4-13(14)11-23-17/h2-6,9-11,18H,7-8,12H2,1H3/t18-/m0/s1. The first-order valence-corrected chi connectivity index (χ1v) is 8.61. The van der Waals surface area contributed by atoms with E-state index in [4.69, 9.17) is 9.47 Å². The van der Waals surface area contributed by atoms with E-state index in [1.165, 1.54) is 19.2 Å². The Morgan fingerprint density at radius 3 is 3.00 bits per heavy atom. The van der Waals surface area contributed by atoms with Gasteiger partial charge in [0.25, 0.3) is 5.91 Å². The van der Waals surface area contributed by atoms with Crippen LogP contribution in [-0.4, -0.2) is 47.6 Å². The molecule has 0 unspecified atom stereocenters. The van der Waals surface area contributed by atoms with E-state index in [1.807, 2.05) is 6.07 Å². The second-order valence-electron chi connectivity index (χ2n) is 6.27. The van der Waals surface area contributed by atoms with Crippen molar-refractivity contribution in [3.05, 3.63) is 65.9 Å². The molecule has 1 aromatic carbocycles. The summed E-state index contributed by atoms with van der Waals surface area (Å²) in [5.74, 6) is -0.172. The Hall–Kier alpha value is -3.06. The number of fused-ring (bicyclic) bond motifs is 1. The van der Waals surface area contributed by atoms with E-state index in [-0.39, 0.29) is 17.8 Å². The van der Waals surface area contributed by atoms with E-state index in [9.17, 15) is 9.18 Å². The fraction of sp³-hybridized carbons (Fsp3) is 0.250. The number of hydrogen-bond acceptors (Lipinski definition) is 5. The minimum atomic E-state index is -0.377. The molecule has 138 valence electrons. The van der Waals surface area contributed by atoms with Crippen LogP contribution in [0.1, 0.15) is 22.2 Å². The van der Waals surface area contributed by atoms with Gasteiger partial charge >= 0.3 is 0 Å². The van der Waals surface area contributed by atoms with Crippen molar-refractivity contribution in [3.8, 4) is 5.88 Å². The van der Waals surface area contributed by atoms with Gasteiger partial charge in [-0.25, -0.2) is 9.37 Å². The molecule has 1 atom stereocenters. The molecule has 0 aliphatic carbocycles. The highest BCUT2D eigenvalue weighted by Crippen LogP contribution is 2.26. The average molecular weight is 367 g/mol. The van der Waals surface area contributed by atoms with E-state index in [2.05, 4.69) is 9.97 Å². The number of pyridine rings is 2. The molecule has 3 heterocycles. The number of morpholine rings is 1. The first-order chi connectivity index (χ1) is 13.2. The van der Waals surface area contributed by atoms with Crippen LogP contribution >= 0.6 is 0 Å². The summed E-state index contributed by atoms with van der Waals surface area (Å²) in [6, 6.07) is 9.76. The van der Waals surface area contributed by atoms with E-state index >= 15 is 0 Å². The molecule has 0 spiro atoms. The van der Waals surface area contributed by atoms with Crippen molar-refractivity contribution in [1.82, 2.24) is 14.9 Å². The molecule has 0 N–H and O–H groups in total. The van der Waals surface area contributed by atoms with E-state index in [0.29, 0.717) is 36.8 Å². The third-order valence-corrected chi connectivity index (χ3v) is 4.58. The number of carbonyl (C=O) groups excluding carboxylic acids is 1. The molecule has 1 aliphatic rings. The molecular formula is C20H18FN3O3. The number of rotatable bonds is 3. The molecule has 6 nitrogen and oxygen atoms in total. The molecule has 27 heavy (non-hydrogen) atoms. The topological polar surface area (TPSA) is 64.5 Å². The Labute approximate surface area is 155 Å². The van der Waals surface area contributed by atoms with Gasteiger partial charge in [-0.3, -0.25) is 9.78 Å². The molecule has 0 saturated carbocycles. The second-order valence-corrected chi connectivity index (χ2v) is 6.27. The van der Waals surface area contributed by atoms with E-state index in [1.54, 1.807) is 35.5 Å². The van der Waals surface area contributed by atoms with Crippen molar-refractivity contribution in [1.29, 1.82) is 0 Å². The Kier molecular flexibility index (Phi) is 4.68. The largest absolute Gasteiger partial charge is 0.480 e. The van der Waals surface area contributed by atoms with Gasteiger partial charge in [-0.2, -0.15) is 0 Å². The van der Waals surface area contributed by atoms with Gasteiger partial charge in [-0.15, -0.1) is 0 Å². The smallest absolute Gasteiger partial charge is 0.259 e. The Morgan fingerprint density at radius 1 is 1.26 bits per heavy atom. The molecule has 3 aromatic rings. The highest BCUT2D eigenvalue weighted by Gasteiger charge is 2.28. The van der Waals surface area contributed by atoms with Crippen LogP contribution in [0.2, 0.25) is 0 Å². The second kappa shape index (κ2) is 7.28. The molecule has 0 radical (unpaired) electrons. The summed E-state index contributed by atoms with van der Waals surface area (Å²) in [4.78, 5) is 23.1. The van der Waals surface area contributed by atoms with Gasteiger partial charge in [0.15, 0.2) is 0 Å². The number of benzene rings is 1. The van der Waals surface area contributed by atoms with Crippen molar-refractivity contribution >= 4 is 16.7 Å². The molecule has 2 aromatic heterocycles. The zero-order valence-corrected chi connectivity index (χ0v) is 14.8. The zero-order chi connectivity index (χ0) is 18.8. The number of ether oxygens (including phenoxy) is 2. The van der Waals surface area contributed by atoms with Crippen molar-refractivity contribution < 1.29 is 18.7 Å². The summed E-state index contributed by atoms with van der Waals surface area (Å²) in [7, 11) is 1.49. The fourth-order valence-corrected chi connectivity index (χ4v) is 3.20. The minimum Gasteiger partial charge on any atom is -0.480 e. The maximum atomic E-state index is 13.5. The highest BCUT2D eigenvalue weighted by atomic mass is 19.1. The van der Waals surface area contributed by atoms with Gasteiger partial charge < -0.3 is 14.4 Å². The molecule has 7 heteroatoms. The van der Waals surface area contributed by atoms with Gasteiger partial charge in [0.05, 0.1) is 26.0 Å². The Balaban J connectivity index is 1.58. The van der Waals surface area contributed by atoms with Gasteiger partial charge in [-0.05, 0) is 41.8 Å². The minimum absolute atomic E-state index is 0.167. The molecule has 1 aliphatic heterocycles. The molecule has 4 rings (SSSR count). The lowest BCUT2D eigenvalue weighted by molar-refractivity contribution is -0.0247. The van der Waals surface area contributed by atoms with Crippen molar-refractivity contribution in [2.45, 2.75) is 6.10 Å². The summed E-state index contributed by atoms with van der Waals surface area (Å²) in [6.45, 7) is 1.21. The number of methoxy groups -OCH3 is 1. The Morgan fingerprint density at radius 2 is 2.15 bits per heavy atom. The summed E-state index contributed by atoms with van der Waals surface area (Å²) < 4.78 is 24.5. The maximum Gasteiger partial charge on any atom is 0.259 e. The third-order valence-electron chi connectivity index (χ3n) is 4.58. The van der Waals surface area contributed by atoms with Gasteiger partial charge in [0.1, 0.15) is 17.5 Å². The summed E-state index contributed by atoms with van der Waals surface area (Å²) >= 11 is 0. The predicted octanol–water partition coefficient (Wildman–Crippen LogP) is 2.99. The van der Waals surface area contributed by atoms with Crippen LogP contribution in [0.25, 0.3) is 10.8 Å². The normalized spacial score (nSPS) is 17.1. The van der Waals surface area contributed by atoms with Gasteiger partial charge in [-0.1, -0.05) is 0 Å². The number of hydrogen-bond donors (Lipinski definition) is 0. The monoisotopic (exact) mass is 367 g/mol. The van der Waals surface area contributed by atoms with Crippen LogP contribution in [0.15, 0.2) is 48.8 Å². The average Bonchev–Trinajstić information content (AvgIpc) is 2.72. The van der Waals surface area contributed by atoms with Crippen LogP contribution in [0.3, 0.4) is 0 Å². The summed E-state index contributed by atoms with van der Waals surface area (Å²) in [5, 5.41) is 1.60. The van der Waals surface area contributed by atoms with Crippen LogP contribution in [0, 0.1) is 5.82 Å². The molecule has 1 fully saturated rings. The SMILES string of the molecule is COc1ncccc1C(=O)N1CCO[C@H](c2cc3cc(F)ccc3cn2)C1. The summed E-state index contributed by atoms with van der Waals surface area (Å²) in [5.41, 5.74) is 1.08. The fourth-order valence-electron chi connectivity index (χ4n) is 3.20. The lowest BCUT2D eigenvalue weighted by Crippen LogP contribution is -2.42. The van der Waals surface area contributed by atoms with Crippen molar-refractivity contribution in [2.24, 2.45) is 0 Å². The quantitative estimate of drug-likeness (QED) is 0.712. The lowest BCUT2D eigenvalue weighted by atomic mass is 10.1. The lowest BCUT2D eigenvalue weighted by Gasteiger charge is -2.33. The molecular weight excluding hydrogens is 349 g/mol. The van der Waals surface area contributed by atoms with E-state index in [0.717, 1.165) is 10.8 Å². The maximum absolute atomic E-state index is 13.5. The first kappa shape index (κ1) is 17.4. The van der Waals surface area contributed by atoms with Crippen LogP contribution in [0.5, 0.6) is 5.88 Å². The number of nitrogens with zero attached hydrogens (tertiary/aromatic N) is 3.